The lowest BCUT2D eigenvalue weighted by molar-refractivity contribution is -0.144. The molecule has 0 saturated heterocycles. The van der Waals surface area contributed by atoms with Crippen molar-refractivity contribution in [1.82, 2.24) is 24.9 Å². The molecule has 2 N–H and O–H groups in total. The minimum Gasteiger partial charge on any atom is -0.481 e. The van der Waals surface area contributed by atoms with E-state index in [2.05, 4.69) is 24.9 Å². The molecular weight excluding hydrogens is 394 g/mol. The normalized spacial score (nSPS) is 14.2. The maximum absolute atomic E-state index is 11.2. The van der Waals surface area contributed by atoms with Crippen molar-refractivity contribution < 1.29 is 14.6 Å². The number of H-pyrrole nitrogens is 1. The summed E-state index contributed by atoms with van der Waals surface area (Å²) in [7, 11) is 0. The first-order valence-electron chi connectivity index (χ1n) is 9.88. The highest BCUT2D eigenvalue weighted by atomic mass is 16.5. The van der Waals surface area contributed by atoms with Gasteiger partial charge in [0.2, 0.25) is 5.88 Å². The van der Waals surface area contributed by atoms with Crippen molar-refractivity contribution in [3.05, 3.63) is 67.3 Å². The van der Waals surface area contributed by atoms with Crippen molar-refractivity contribution in [2.45, 2.75) is 12.8 Å². The van der Waals surface area contributed by atoms with Crippen molar-refractivity contribution in [2.24, 2.45) is 5.41 Å². The highest BCUT2D eigenvalue weighted by Crippen LogP contribution is 2.46. The highest BCUT2D eigenvalue weighted by Gasteiger charge is 2.51. The van der Waals surface area contributed by atoms with Crippen LogP contribution in [0.1, 0.15) is 12.8 Å². The first-order valence-corrected chi connectivity index (χ1v) is 9.88. The predicted molar refractivity (Wildman–Crippen MR) is 113 cm³/mol. The van der Waals surface area contributed by atoms with Gasteiger partial charge in [-0.05, 0) is 30.5 Å². The number of nitrogens with one attached hydrogen (secondary N) is 1. The van der Waals surface area contributed by atoms with E-state index >= 15 is 0 Å². The van der Waals surface area contributed by atoms with Crippen LogP contribution in [0, 0.1) is 5.41 Å². The third-order valence-corrected chi connectivity index (χ3v) is 5.39. The summed E-state index contributed by atoms with van der Waals surface area (Å²) in [6.45, 7) is 0.112. The van der Waals surface area contributed by atoms with Gasteiger partial charge < -0.3 is 14.8 Å². The minimum atomic E-state index is -0.823. The molecule has 0 unspecified atom stereocenters. The Labute approximate surface area is 178 Å². The summed E-state index contributed by atoms with van der Waals surface area (Å²) < 4.78 is 5.52. The number of carbonyl (C=O) groups is 1. The summed E-state index contributed by atoms with van der Waals surface area (Å²) in [6.07, 6.45) is 7.87. The van der Waals surface area contributed by atoms with E-state index in [1.807, 2.05) is 42.5 Å². The standard InChI is InChI=1S/C23H19N5O3/c29-22(30)23(8-9-23)14-31-20-13-25-18(11-26-20)16-6-7-17(24-10-16)21-27-12-19(28-21)15-4-2-1-3-5-15/h1-7,10-13H,8-9,14H2,(H,27,28)(H,29,30). The molecule has 0 atom stereocenters. The fraction of sp³-hybridized carbons (Fsp3) is 0.174. The van der Waals surface area contributed by atoms with Crippen LogP contribution in [0.5, 0.6) is 5.88 Å². The zero-order valence-electron chi connectivity index (χ0n) is 16.5. The monoisotopic (exact) mass is 413 g/mol. The Morgan fingerprint density at radius 2 is 1.71 bits per heavy atom. The first-order chi connectivity index (χ1) is 15.1. The van der Waals surface area contributed by atoms with E-state index in [1.54, 1.807) is 18.6 Å². The zero-order chi connectivity index (χ0) is 21.3. The lowest BCUT2D eigenvalue weighted by atomic mass is 10.1. The maximum atomic E-state index is 11.2. The number of hydrogen-bond donors (Lipinski definition) is 2. The number of carboxylic acid groups (broad SMARTS) is 1. The maximum Gasteiger partial charge on any atom is 0.313 e. The number of hydrogen-bond acceptors (Lipinski definition) is 6. The van der Waals surface area contributed by atoms with Gasteiger partial charge in [-0.1, -0.05) is 30.3 Å². The van der Waals surface area contributed by atoms with Crippen LogP contribution < -0.4 is 4.74 Å². The highest BCUT2D eigenvalue weighted by molar-refractivity contribution is 5.78. The quantitative estimate of drug-likeness (QED) is 0.473. The molecule has 3 heterocycles. The van der Waals surface area contributed by atoms with Gasteiger partial charge >= 0.3 is 5.97 Å². The summed E-state index contributed by atoms with van der Waals surface area (Å²) in [4.78, 5) is 32.0. The lowest BCUT2D eigenvalue weighted by Crippen LogP contribution is -2.23. The SMILES string of the molecule is O=C(O)C1(COc2cnc(-c3ccc(-c4ncc(-c5ccccc5)[nH]4)nc3)cn2)CC1. The zero-order valence-corrected chi connectivity index (χ0v) is 16.5. The Morgan fingerprint density at radius 3 is 2.35 bits per heavy atom. The van der Waals surface area contributed by atoms with E-state index in [4.69, 9.17) is 4.74 Å². The summed E-state index contributed by atoms with van der Waals surface area (Å²) in [6, 6.07) is 13.8. The van der Waals surface area contributed by atoms with Gasteiger partial charge in [-0.15, -0.1) is 0 Å². The number of benzene rings is 1. The van der Waals surface area contributed by atoms with Crippen molar-refractivity contribution in [1.29, 1.82) is 0 Å². The van der Waals surface area contributed by atoms with E-state index in [1.165, 1.54) is 6.20 Å². The summed E-state index contributed by atoms with van der Waals surface area (Å²) in [5.41, 5.74) is 3.41. The number of carboxylic acids is 1. The summed E-state index contributed by atoms with van der Waals surface area (Å²) in [5, 5.41) is 9.21. The molecule has 0 bridgehead atoms. The molecule has 1 aromatic carbocycles. The molecule has 0 aliphatic heterocycles. The van der Waals surface area contributed by atoms with Gasteiger partial charge in [0.05, 0.1) is 30.0 Å². The van der Waals surface area contributed by atoms with Crippen molar-refractivity contribution in [3.8, 4) is 39.9 Å². The van der Waals surface area contributed by atoms with E-state index in [0.29, 0.717) is 30.2 Å². The third kappa shape index (κ3) is 3.87. The average molecular weight is 413 g/mol. The van der Waals surface area contributed by atoms with Gasteiger partial charge in [0.15, 0.2) is 5.82 Å². The molecule has 0 amide bonds. The molecule has 4 aromatic rings. The van der Waals surface area contributed by atoms with Crippen LogP contribution in [-0.2, 0) is 4.79 Å². The van der Waals surface area contributed by atoms with Crippen molar-refractivity contribution in [3.63, 3.8) is 0 Å². The van der Waals surface area contributed by atoms with Crippen LogP contribution in [0.15, 0.2) is 67.3 Å². The van der Waals surface area contributed by atoms with Crippen LogP contribution in [0.3, 0.4) is 0 Å². The second kappa shape index (κ2) is 7.64. The molecule has 154 valence electrons. The number of imidazole rings is 1. The lowest BCUT2D eigenvalue weighted by Gasteiger charge is -2.10. The smallest absolute Gasteiger partial charge is 0.313 e. The summed E-state index contributed by atoms with van der Waals surface area (Å²) >= 11 is 0. The Morgan fingerprint density at radius 1 is 0.903 bits per heavy atom. The Balaban J connectivity index is 1.27. The number of aromatic nitrogens is 5. The second-order valence-corrected chi connectivity index (χ2v) is 7.56. The molecule has 8 heteroatoms. The molecule has 3 aromatic heterocycles. The van der Waals surface area contributed by atoms with Gasteiger partial charge in [0, 0.05) is 11.8 Å². The van der Waals surface area contributed by atoms with Gasteiger partial charge in [0.1, 0.15) is 17.7 Å². The van der Waals surface area contributed by atoms with E-state index in [0.717, 1.165) is 22.5 Å². The Bertz CT molecular complexity index is 1200. The number of aromatic amines is 1. The van der Waals surface area contributed by atoms with Crippen molar-refractivity contribution in [2.75, 3.05) is 6.61 Å². The molecular formula is C23H19N5O3. The molecule has 1 aliphatic carbocycles. The fourth-order valence-corrected chi connectivity index (χ4v) is 3.22. The molecule has 1 aliphatic rings. The number of rotatable bonds is 7. The van der Waals surface area contributed by atoms with E-state index in [-0.39, 0.29) is 6.61 Å². The molecule has 0 radical (unpaired) electrons. The largest absolute Gasteiger partial charge is 0.481 e. The average Bonchev–Trinajstić information content (AvgIpc) is 3.46. The molecule has 8 nitrogen and oxygen atoms in total. The van der Waals surface area contributed by atoms with E-state index in [9.17, 15) is 9.90 Å². The number of aliphatic carboxylic acids is 1. The number of pyridine rings is 1. The molecule has 1 fully saturated rings. The van der Waals surface area contributed by atoms with Crippen molar-refractivity contribution >= 4 is 5.97 Å². The number of nitrogens with zero attached hydrogens (tertiary/aromatic N) is 4. The summed E-state index contributed by atoms with van der Waals surface area (Å²) in [5.74, 6) is 0.174. The van der Waals surface area contributed by atoms with E-state index < -0.39 is 11.4 Å². The Kier molecular flexibility index (Phi) is 4.66. The van der Waals surface area contributed by atoms with Crippen LogP contribution in [0.25, 0.3) is 34.0 Å². The number of ether oxygens (including phenoxy) is 1. The molecule has 5 rings (SSSR count). The van der Waals surface area contributed by atoms with Gasteiger partial charge in [-0.2, -0.15) is 0 Å². The third-order valence-electron chi connectivity index (χ3n) is 5.39. The van der Waals surface area contributed by atoms with Crippen LogP contribution in [-0.4, -0.2) is 42.6 Å². The van der Waals surface area contributed by atoms with Gasteiger partial charge in [-0.25, -0.2) is 15.0 Å². The molecule has 1 saturated carbocycles. The minimum absolute atomic E-state index is 0.112. The van der Waals surface area contributed by atoms with Crippen LogP contribution >= 0.6 is 0 Å². The molecule has 0 spiro atoms. The van der Waals surface area contributed by atoms with Gasteiger partial charge in [0.25, 0.3) is 0 Å². The van der Waals surface area contributed by atoms with Crippen LogP contribution in [0.2, 0.25) is 0 Å². The fourth-order valence-electron chi connectivity index (χ4n) is 3.22. The molecule has 31 heavy (non-hydrogen) atoms. The predicted octanol–water partition coefficient (Wildman–Crippen LogP) is 3.84. The van der Waals surface area contributed by atoms with Crippen LogP contribution in [0.4, 0.5) is 0 Å². The first kappa shape index (κ1) is 18.9. The van der Waals surface area contributed by atoms with Gasteiger partial charge in [-0.3, -0.25) is 9.78 Å². The topological polar surface area (TPSA) is 114 Å². The Hall–Kier alpha value is -4.07. The second-order valence-electron chi connectivity index (χ2n) is 7.56.